The van der Waals surface area contributed by atoms with E-state index in [2.05, 4.69) is 15.5 Å². The highest BCUT2D eigenvalue weighted by Gasteiger charge is 2.23. The molecule has 2 rings (SSSR count). The van der Waals surface area contributed by atoms with Gasteiger partial charge < -0.3 is 9.67 Å². The first kappa shape index (κ1) is 13.5. The predicted molar refractivity (Wildman–Crippen MR) is 71.0 cm³/mol. The Labute approximate surface area is 116 Å². The fourth-order valence-electron chi connectivity index (χ4n) is 1.44. The second-order valence-electron chi connectivity index (χ2n) is 3.69. The van der Waals surface area contributed by atoms with Gasteiger partial charge in [-0.3, -0.25) is 14.9 Å². The smallest absolute Gasteiger partial charge is 0.267 e. The highest BCUT2D eigenvalue weighted by atomic mass is 35.5. The van der Waals surface area contributed by atoms with E-state index in [4.69, 9.17) is 11.6 Å². The number of carbonyl (C=O) groups excluding carboxylic acids is 1. The van der Waals surface area contributed by atoms with Gasteiger partial charge in [-0.25, -0.2) is 0 Å². The van der Waals surface area contributed by atoms with Gasteiger partial charge in [0.15, 0.2) is 5.75 Å². The molecule has 2 heterocycles. The van der Waals surface area contributed by atoms with Crippen molar-refractivity contribution < 1.29 is 9.90 Å². The molecule has 1 amide bonds. The van der Waals surface area contributed by atoms with E-state index >= 15 is 0 Å². The van der Waals surface area contributed by atoms with Crippen LogP contribution in [-0.2, 0) is 7.05 Å². The molecule has 19 heavy (non-hydrogen) atoms. The Balaban J connectivity index is 2.51. The minimum absolute atomic E-state index is 0.0375. The van der Waals surface area contributed by atoms with Gasteiger partial charge in [-0.15, -0.1) is 10.2 Å². The second kappa shape index (κ2) is 4.98. The van der Waals surface area contributed by atoms with E-state index < -0.39 is 22.8 Å². The van der Waals surface area contributed by atoms with Crippen LogP contribution in [0.5, 0.6) is 5.75 Å². The molecule has 9 heteroatoms. The summed E-state index contributed by atoms with van der Waals surface area (Å²) >= 11 is 6.96. The van der Waals surface area contributed by atoms with Crippen molar-refractivity contribution in [2.24, 2.45) is 7.05 Å². The van der Waals surface area contributed by atoms with Crippen molar-refractivity contribution in [2.75, 3.05) is 5.32 Å². The Morgan fingerprint density at radius 1 is 1.58 bits per heavy atom. The highest BCUT2D eigenvalue weighted by Crippen LogP contribution is 2.28. The normalized spacial score (nSPS) is 10.5. The second-order valence-corrected chi connectivity index (χ2v) is 4.90. The molecule has 0 saturated heterocycles. The Morgan fingerprint density at radius 2 is 2.26 bits per heavy atom. The first-order valence-electron chi connectivity index (χ1n) is 5.09. The monoisotopic (exact) mass is 300 g/mol. The molecule has 2 aromatic rings. The molecule has 0 aliphatic carbocycles. The Bertz CT molecular complexity index is 696. The van der Waals surface area contributed by atoms with Crippen LogP contribution in [0.15, 0.2) is 10.3 Å². The Kier molecular flexibility index (Phi) is 3.54. The van der Waals surface area contributed by atoms with Crippen LogP contribution in [0, 0.1) is 6.92 Å². The van der Waals surface area contributed by atoms with Crippen LogP contribution in [0.2, 0.25) is 5.02 Å². The molecule has 0 saturated carbocycles. The number of amides is 1. The van der Waals surface area contributed by atoms with E-state index in [-0.39, 0.29) is 10.2 Å². The zero-order valence-electron chi connectivity index (χ0n) is 9.97. The van der Waals surface area contributed by atoms with E-state index in [1.54, 1.807) is 6.92 Å². The molecule has 100 valence electrons. The van der Waals surface area contributed by atoms with E-state index in [9.17, 15) is 14.7 Å². The van der Waals surface area contributed by atoms with E-state index in [0.29, 0.717) is 5.69 Å². The molecule has 0 fully saturated rings. The molecule has 2 aromatic heterocycles. The zero-order chi connectivity index (χ0) is 14.2. The summed E-state index contributed by atoms with van der Waals surface area (Å²) in [5, 5.41) is 19.6. The maximum Gasteiger partial charge on any atom is 0.267 e. The predicted octanol–water partition coefficient (Wildman–Crippen LogP) is 1.16. The van der Waals surface area contributed by atoms with Gasteiger partial charge in [0, 0.05) is 12.7 Å². The minimum Gasteiger partial charge on any atom is -0.505 e. The quantitative estimate of drug-likeness (QED) is 0.867. The van der Waals surface area contributed by atoms with E-state index in [1.165, 1.54) is 17.1 Å². The van der Waals surface area contributed by atoms with Crippen LogP contribution in [0.3, 0.4) is 0 Å². The Morgan fingerprint density at radius 3 is 2.84 bits per heavy atom. The third-order valence-electron chi connectivity index (χ3n) is 2.59. The molecule has 0 radical (unpaired) electrons. The highest BCUT2D eigenvalue weighted by molar-refractivity contribution is 7.13. The molecule has 0 aromatic carbocycles. The van der Waals surface area contributed by atoms with Gasteiger partial charge in [0.05, 0.1) is 0 Å². The lowest BCUT2D eigenvalue weighted by molar-refractivity contribution is 0.102. The molecule has 0 aliphatic heterocycles. The number of anilines is 1. The molecular weight excluding hydrogens is 292 g/mol. The van der Waals surface area contributed by atoms with E-state index in [0.717, 1.165) is 11.3 Å². The summed E-state index contributed by atoms with van der Waals surface area (Å²) in [5.41, 5.74) is 0.738. The summed E-state index contributed by atoms with van der Waals surface area (Å²) in [5.74, 6) is -1.32. The van der Waals surface area contributed by atoms with Crippen LogP contribution >= 0.6 is 22.9 Å². The number of halogens is 1. The van der Waals surface area contributed by atoms with Crippen LogP contribution in [0.4, 0.5) is 5.13 Å². The van der Waals surface area contributed by atoms with Crippen molar-refractivity contribution >= 4 is 34.0 Å². The van der Waals surface area contributed by atoms with Crippen molar-refractivity contribution in [1.29, 1.82) is 0 Å². The number of hydrogen-bond acceptors (Lipinski definition) is 6. The number of aromatic nitrogens is 3. The summed E-state index contributed by atoms with van der Waals surface area (Å²) in [6.45, 7) is 1.57. The average Bonchev–Trinajstić information content (AvgIpc) is 2.87. The standard InChI is InChI=1S/C10H9ClN4O3S/c1-4-6(11)7(16)5(9(18)15(4)2)8(17)13-10-14-12-3-19-10/h3,16H,1-2H3,(H,13,14,17). The average molecular weight is 301 g/mol. The molecular formula is C10H9ClN4O3S. The molecule has 7 nitrogen and oxygen atoms in total. The number of nitrogens with zero attached hydrogens (tertiary/aromatic N) is 3. The van der Waals surface area contributed by atoms with Gasteiger partial charge in [-0.05, 0) is 6.92 Å². The van der Waals surface area contributed by atoms with Crippen LogP contribution in [-0.4, -0.2) is 25.8 Å². The number of hydrogen-bond donors (Lipinski definition) is 2. The largest absolute Gasteiger partial charge is 0.505 e. The lowest BCUT2D eigenvalue weighted by Crippen LogP contribution is -2.29. The summed E-state index contributed by atoms with van der Waals surface area (Å²) in [4.78, 5) is 23.9. The molecule has 0 aliphatic rings. The van der Waals surface area contributed by atoms with Gasteiger partial charge in [-0.1, -0.05) is 22.9 Å². The SMILES string of the molecule is Cc1c(Cl)c(O)c(C(=O)Nc2nncs2)c(=O)n1C. The van der Waals surface area contributed by atoms with Crippen molar-refractivity contribution in [1.82, 2.24) is 14.8 Å². The fraction of sp³-hybridized carbons (Fsp3) is 0.200. The summed E-state index contributed by atoms with van der Waals surface area (Å²) < 4.78 is 1.19. The Hall–Kier alpha value is -1.93. The van der Waals surface area contributed by atoms with Gasteiger partial charge >= 0.3 is 0 Å². The van der Waals surface area contributed by atoms with Crippen molar-refractivity contribution in [3.8, 4) is 5.75 Å². The molecule has 0 bridgehead atoms. The maximum absolute atomic E-state index is 12.0. The van der Waals surface area contributed by atoms with Gasteiger partial charge in [0.2, 0.25) is 5.13 Å². The number of nitrogens with one attached hydrogen (secondary N) is 1. The van der Waals surface area contributed by atoms with Crippen molar-refractivity contribution in [3.63, 3.8) is 0 Å². The van der Waals surface area contributed by atoms with E-state index in [1.807, 2.05) is 0 Å². The fourth-order valence-corrected chi connectivity index (χ4v) is 2.10. The zero-order valence-corrected chi connectivity index (χ0v) is 11.5. The third kappa shape index (κ3) is 2.32. The molecule has 2 N–H and O–H groups in total. The summed E-state index contributed by atoms with van der Waals surface area (Å²) in [7, 11) is 1.46. The number of carbonyl (C=O) groups is 1. The number of aromatic hydroxyl groups is 1. The topological polar surface area (TPSA) is 97.1 Å². The third-order valence-corrected chi connectivity index (χ3v) is 3.65. The van der Waals surface area contributed by atoms with Crippen molar-refractivity contribution in [2.45, 2.75) is 6.92 Å². The molecule has 0 unspecified atom stereocenters. The maximum atomic E-state index is 12.0. The number of rotatable bonds is 2. The minimum atomic E-state index is -0.781. The molecule has 0 atom stereocenters. The van der Waals surface area contributed by atoms with Gasteiger partial charge in [0.25, 0.3) is 11.5 Å². The number of pyridine rings is 1. The van der Waals surface area contributed by atoms with Gasteiger partial charge in [0.1, 0.15) is 16.1 Å². The lowest BCUT2D eigenvalue weighted by atomic mass is 10.2. The lowest BCUT2D eigenvalue weighted by Gasteiger charge is -2.11. The first-order chi connectivity index (χ1) is 8.93. The van der Waals surface area contributed by atoms with Crippen molar-refractivity contribution in [3.05, 3.63) is 32.1 Å². The van der Waals surface area contributed by atoms with Crippen LogP contribution in [0.1, 0.15) is 16.1 Å². The first-order valence-corrected chi connectivity index (χ1v) is 6.34. The molecule has 0 spiro atoms. The van der Waals surface area contributed by atoms with Crippen LogP contribution < -0.4 is 10.9 Å². The summed E-state index contributed by atoms with van der Waals surface area (Å²) in [6, 6.07) is 0. The van der Waals surface area contributed by atoms with Crippen LogP contribution in [0.25, 0.3) is 0 Å². The van der Waals surface area contributed by atoms with Gasteiger partial charge in [-0.2, -0.15) is 0 Å². The summed E-state index contributed by atoms with van der Waals surface area (Å²) in [6.07, 6.45) is 0.